The van der Waals surface area contributed by atoms with Gasteiger partial charge in [-0.2, -0.15) is 0 Å². The Hall–Kier alpha value is -2.78. The van der Waals surface area contributed by atoms with E-state index in [2.05, 4.69) is 10.1 Å². The van der Waals surface area contributed by atoms with Crippen molar-refractivity contribution in [2.24, 2.45) is 5.92 Å². The molecule has 3 amide bonds. The van der Waals surface area contributed by atoms with Crippen LogP contribution in [0.15, 0.2) is 24.3 Å². The van der Waals surface area contributed by atoms with Crippen molar-refractivity contribution < 1.29 is 32.3 Å². The van der Waals surface area contributed by atoms with Gasteiger partial charge in [0.25, 0.3) is 5.91 Å². The Kier molecular flexibility index (Phi) is 5.72. The minimum absolute atomic E-state index is 0.0333. The molecule has 2 atom stereocenters. The Labute approximate surface area is 165 Å². The average Bonchev–Trinajstić information content (AvgIpc) is 2.64. The summed E-state index contributed by atoms with van der Waals surface area (Å²) in [7, 11) is 0. The SMILES string of the molecule is CC(C)C[C@H]1NC(=O)[C@H]2CN(C(=O)c3ccc(OC(F)(F)F)cc3)CCN2C1=O. The van der Waals surface area contributed by atoms with Crippen molar-refractivity contribution in [1.29, 1.82) is 0 Å². The van der Waals surface area contributed by atoms with Crippen LogP contribution in [0.3, 0.4) is 0 Å². The number of nitrogens with one attached hydrogen (secondary N) is 1. The maximum absolute atomic E-state index is 12.7. The van der Waals surface area contributed by atoms with Crippen LogP contribution in [0.25, 0.3) is 0 Å². The molecule has 0 saturated carbocycles. The highest BCUT2D eigenvalue weighted by Gasteiger charge is 2.44. The fourth-order valence-corrected chi connectivity index (χ4v) is 3.60. The Morgan fingerprint density at radius 3 is 2.45 bits per heavy atom. The van der Waals surface area contributed by atoms with Gasteiger partial charge in [-0.25, -0.2) is 0 Å². The van der Waals surface area contributed by atoms with Gasteiger partial charge < -0.3 is 19.9 Å². The van der Waals surface area contributed by atoms with Crippen LogP contribution in [0.1, 0.15) is 30.6 Å². The number of benzene rings is 1. The van der Waals surface area contributed by atoms with E-state index in [1.165, 1.54) is 21.9 Å². The molecule has 158 valence electrons. The molecule has 7 nitrogen and oxygen atoms in total. The molecule has 10 heteroatoms. The molecule has 2 heterocycles. The smallest absolute Gasteiger partial charge is 0.406 e. The third-order valence-corrected chi connectivity index (χ3v) is 4.91. The number of hydrogen-bond donors (Lipinski definition) is 1. The summed E-state index contributed by atoms with van der Waals surface area (Å²) in [5.74, 6) is -1.06. The number of fused-ring (bicyclic) bond motifs is 1. The summed E-state index contributed by atoms with van der Waals surface area (Å²) in [4.78, 5) is 40.8. The molecule has 0 spiro atoms. The molecule has 1 aromatic rings. The van der Waals surface area contributed by atoms with Crippen molar-refractivity contribution in [3.63, 3.8) is 0 Å². The van der Waals surface area contributed by atoms with Crippen LogP contribution in [0.2, 0.25) is 0 Å². The third-order valence-electron chi connectivity index (χ3n) is 4.91. The molecule has 2 aliphatic rings. The molecule has 0 radical (unpaired) electrons. The monoisotopic (exact) mass is 413 g/mol. The van der Waals surface area contributed by atoms with Gasteiger partial charge in [-0.15, -0.1) is 13.2 Å². The molecule has 1 N–H and O–H groups in total. The predicted molar refractivity (Wildman–Crippen MR) is 95.9 cm³/mol. The van der Waals surface area contributed by atoms with E-state index in [-0.39, 0.29) is 42.9 Å². The molecule has 0 bridgehead atoms. The van der Waals surface area contributed by atoms with Crippen molar-refractivity contribution in [1.82, 2.24) is 15.1 Å². The molecule has 29 heavy (non-hydrogen) atoms. The van der Waals surface area contributed by atoms with Crippen LogP contribution in [-0.4, -0.2) is 65.6 Å². The topological polar surface area (TPSA) is 79.0 Å². The van der Waals surface area contributed by atoms with Crippen molar-refractivity contribution in [3.8, 4) is 5.75 Å². The molecule has 0 aliphatic carbocycles. The molecule has 3 rings (SSSR count). The highest BCUT2D eigenvalue weighted by Crippen LogP contribution is 2.24. The van der Waals surface area contributed by atoms with Crippen LogP contribution in [-0.2, 0) is 9.59 Å². The Morgan fingerprint density at radius 1 is 1.21 bits per heavy atom. The van der Waals surface area contributed by atoms with Crippen molar-refractivity contribution >= 4 is 17.7 Å². The van der Waals surface area contributed by atoms with E-state index in [0.29, 0.717) is 6.42 Å². The van der Waals surface area contributed by atoms with Crippen LogP contribution < -0.4 is 10.1 Å². The molecule has 0 aromatic heterocycles. The van der Waals surface area contributed by atoms with E-state index in [1.807, 2.05) is 13.8 Å². The quantitative estimate of drug-likeness (QED) is 0.816. The number of carbonyl (C=O) groups excluding carboxylic acids is 3. The summed E-state index contributed by atoms with van der Waals surface area (Å²) >= 11 is 0. The van der Waals surface area contributed by atoms with E-state index >= 15 is 0 Å². The molecule has 1 aromatic carbocycles. The highest BCUT2D eigenvalue weighted by atomic mass is 19.4. The minimum Gasteiger partial charge on any atom is -0.406 e. The first-order chi connectivity index (χ1) is 13.5. The largest absolute Gasteiger partial charge is 0.573 e. The summed E-state index contributed by atoms with van der Waals surface area (Å²) < 4.78 is 40.5. The van der Waals surface area contributed by atoms with Crippen molar-refractivity contribution in [2.75, 3.05) is 19.6 Å². The summed E-state index contributed by atoms with van der Waals surface area (Å²) in [6.45, 7) is 4.43. The van der Waals surface area contributed by atoms with Gasteiger partial charge in [0.15, 0.2) is 0 Å². The minimum atomic E-state index is -4.81. The van der Waals surface area contributed by atoms with Gasteiger partial charge in [0.1, 0.15) is 17.8 Å². The lowest BCUT2D eigenvalue weighted by Crippen LogP contribution is -2.69. The van der Waals surface area contributed by atoms with Crippen LogP contribution in [0.4, 0.5) is 13.2 Å². The van der Waals surface area contributed by atoms with Crippen LogP contribution >= 0.6 is 0 Å². The van der Waals surface area contributed by atoms with Gasteiger partial charge in [0.05, 0.1) is 6.54 Å². The maximum atomic E-state index is 12.7. The number of piperazine rings is 2. The van der Waals surface area contributed by atoms with Crippen molar-refractivity contribution in [3.05, 3.63) is 29.8 Å². The lowest BCUT2D eigenvalue weighted by molar-refractivity contribution is -0.274. The normalized spacial score (nSPS) is 22.4. The number of rotatable bonds is 4. The number of hydrogen-bond acceptors (Lipinski definition) is 4. The number of halogens is 3. The fourth-order valence-electron chi connectivity index (χ4n) is 3.60. The Morgan fingerprint density at radius 2 is 1.86 bits per heavy atom. The zero-order valence-corrected chi connectivity index (χ0v) is 16.0. The second-order valence-corrected chi connectivity index (χ2v) is 7.56. The van der Waals surface area contributed by atoms with Gasteiger partial charge in [0, 0.05) is 18.7 Å². The number of carbonyl (C=O) groups is 3. The Balaban J connectivity index is 1.67. The Bertz CT molecular complexity index is 795. The number of ether oxygens (including phenoxy) is 1. The molecular weight excluding hydrogens is 391 g/mol. The van der Waals surface area contributed by atoms with E-state index in [1.54, 1.807) is 0 Å². The standard InChI is InChI=1S/C19H22F3N3O4/c1-11(2)9-14-18(28)25-8-7-24(10-15(25)16(26)23-14)17(27)12-3-5-13(6-4-12)29-19(20,21)22/h3-6,11,14-15H,7-10H2,1-2H3,(H,23,26)/t14-,15-/m1/s1. The summed E-state index contributed by atoms with van der Waals surface area (Å²) in [6, 6.07) is 3.27. The zero-order chi connectivity index (χ0) is 21.3. The van der Waals surface area contributed by atoms with E-state index in [9.17, 15) is 27.6 Å². The lowest BCUT2D eigenvalue weighted by atomic mass is 9.97. The number of nitrogens with zero attached hydrogens (tertiary/aromatic N) is 2. The molecule has 2 saturated heterocycles. The second kappa shape index (κ2) is 7.92. The van der Waals surface area contributed by atoms with Crippen LogP contribution in [0.5, 0.6) is 5.75 Å². The number of alkyl halides is 3. The highest BCUT2D eigenvalue weighted by molar-refractivity contribution is 5.99. The third kappa shape index (κ3) is 4.80. The molecule has 2 fully saturated rings. The first-order valence-electron chi connectivity index (χ1n) is 9.31. The van der Waals surface area contributed by atoms with Gasteiger partial charge in [0.2, 0.25) is 11.8 Å². The van der Waals surface area contributed by atoms with Gasteiger partial charge in [-0.1, -0.05) is 13.8 Å². The fraction of sp³-hybridized carbons (Fsp3) is 0.526. The van der Waals surface area contributed by atoms with E-state index in [0.717, 1.165) is 12.1 Å². The van der Waals surface area contributed by atoms with E-state index in [4.69, 9.17) is 0 Å². The summed E-state index contributed by atoms with van der Waals surface area (Å²) in [5, 5.41) is 2.73. The predicted octanol–water partition coefficient (Wildman–Crippen LogP) is 1.78. The van der Waals surface area contributed by atoms with Gasteiger partial charge in [-0.05, 0) is 36.6 Å². The molecule has 0 unspecified atom stereocenters. The van der Waals surface area contributed by atoms with Crippen LogP contribution in [0, 0.1) is 5.92 Å². The summed E-state index contributed by atoms with van der Waals surface area (Å²) in [6.07, 6.45) is -4.26. The molecule has 2 aliphatic heterocycles. The summed E-state index contributed by atoms with van der Waals surface area (Å²) in [5.41, 5.74) is 0.174. The van der Waals surface area contributed by atoms with Gasteiger partial charge in [-0.3, -0.25) is 14.4 Å². The first kappa shape index (κ1) is 20.9. The second-order valence-electron chi connectivity index (χ2n) is 7.56. The first-order valence-corrected chi connectivity index (χ1v) is 9.31. The molecular formula is C19H22F3N3O4. The maximum Gasteiger partial charge on any atom is 0.573 e. The lowest BCUT2D eigenvalue weighted by Gasteiger charge is -2.45. The zero-order valence-electron chi connectivity index (χ0n) is 16.0. The number of amides is 3. The average molecular weight is 413 g/mol. The van der Waals surface area contributed by atoms with Crippen molar-refractivity contribution in [2.45, 2.75) is 38.7 Å². The van der Waals surface area contributed by atoms with E-state index < -0.39 is 30.1 Å². The van der Waals surface area contributed by atoms with Gasteiger partial charge >= 0.3 is 6.36 Å².